The van der Waals surface area contributed by atoms with E-state index in [1.165, 1.54) is 6.07 Å². The smallest absolute Gasteiger partial charge is 0.274 e. The number of aromatic nitrogens is 2. The summed E-state index contributed by atoms with van der Waals surface area (Å²) >= 11 is 0. The van der Waals surface area contributed by atoms with E-state index in [0.717, 1.165) is 30.5 Å². The molecule has 1 aliphatic carbocycles. The Balaban J connectivity index is 2.12. The predicted molar refractivity (Wildman–Crippen MR) is 78.2 cm³/mol. The minimum Gasteiger partial charge on any atom is -0.341 e. The molecule has 0 saturated carbocycles. The number of nitrogens with zero attached hydrogens (tertiary/aromatic N) is 3. The van der Waals surface area contributed by atoms with E-state index >= 15 is 0 Å². The lowest BCUT2D eigenvalue weighted by molar-refractivity contribution is 0.0795. The van der Waals surface area contributed by atoms with Crippen molar-refractivity contribution >= 4 is 5.91 Å². The van der Waals surface area contributed by atoms with Crippen LogP contribution in [-0.2, 0) is 12.8 Å². The van der Waals surface area contributed by atoms with Gasteiger partial charge in [-0.15, -0.1) is 0 Å². The van der Waals surface area contributed by atoms with Crippen LogP contribution in [0.25, 0.3) is 5.69 Å². The molecule has 3 rings (SSSR count). The van der Waals surface area contributed by atoms with Gasteiger partial charge < -0.3 is 4.90 Å². The van der Waals surface area contributed by atoms with Crippen molar-refractivity contribution < 1.29 is 9.18 Å². The maximum Gasteiger partial charge on any atom is 0.274 e. The SMILES string of the molecule is CCN(C)C(=O)c1nn(-c2ccccc2F)c2c1CCC2. The Morgan fingerprint density at radius 1 is 1.38 bits per heavy atom. The lowest BCUT2D eigenvalue weighted by atomic mass is 10.2. The number of fused-ring (bicyclic) bond motifs is 1. The first-order valence-electron chi connectivity index (χ1n) is 7.24. The molecule has 5 heteroatoms. The van der Waals surface area contributed by atoms with Crippen molar-refractivity contribution in [3.8, 4) is 5.69 Å². The molecule has 4 nitrogen and oxygen atoms in total. The molecular formula is C16H18FN3O. The van der Waals surface area contributed by atoms with Crippen LogP contribution in [0.15, 0.2) is 24.3 Å². The number of benzene rings is 1. The lowest BCUT2D eigenvalue weighted by Gasteiger charge is -2.13. The second-order valence-electron chi connectivity index (χ2n) is 5.31. The van der Waals surface area contributed by atoms with Gasteiger partial charge in [-0.1, -0.05) is 12.1 Å². The Labute approximate surface area is 123 Å². The molecule has 0 radical (unpaired) electrons. The number of halogens is 1. The highest BCUT2D eigenvalue weighted by Gasteiger charge is 2.28. The van der Waals surface area contributed by atoms with Crippen LogP contribution >= 0.6 is 0 Å². The monoisotopic (exact) mass is 287 g/mol. The van der Waals surface area contributed by atoms with Crippen molar-refractivity contribution in [2.75, 3.05) is 13.6 Å². The van der Waals surface area contributed by atoms with Crippen molar-refractivity contribution in [2.45, 2.75) is 26.2 Å². The summed E-state index contributed by atoms with van der Waals surface area (Å²) in [6.45, 7) is 2.55. The van der Waals surface area contributed by atoms with E-state index in [1.54, 1.807) is 34.8 Å². The van der Waals surface area contributed by atoms with Gasteiger partial charge in [-0.05, 0) is 38.3 Å². The first kappa shape index (κ1) is 13.8. The summed E-state index contributed by atoms with van der Waals surface area (Å²) < 4.78 is 15.6. The second kappa shape index (κ2) is 5.31. The summed E-state index contributed by atoms with van der Waals surface area (Å²) in [4.78, 5) is 14.1. The maximum absolute atomic E-state index is 14.0. The third-order valence-electron chi connectivity index (χ3n) is 4.03. The molecule has 0 aliphatic heterocycles. The Kier molecular flexibility index (Phi) is 3.49. The normalized spacial score (nSPS) is 13.3. The van der Waals surface area contributed by atoms with Gasteiger partial charge in [0.15, 0.2) is 5.69 Å². The first-order valence-corrected chi connectivity index (χ1v) is 7.24. The molecule has 110 valence electrons. The molecule has 2 aromatic rings. The van der Waals surface area contributed by atoms with Crippen molar-refractivity contribution in [1.82, 2.24) is 14.7 Å². The molecule has 1 aliphatic rings. The largest absolute Gasteiger partial charge is 0.341 e. The van der Waals surface area contributed by atoms with E-state index < -0.39 is 0 Å². The van der Waals surface area contributed by atoms with Crippen molar-refractivity contribution in [3.05, 3.63) is 47.0 Å². The average molecular weight is 287 g/mol. The molecule has 0 bridgehead atoms. The van der Waals surface area contributed by atoms with Crippen molar-refractivity contribution in [2.24, 2.45) is 0 Å². The topological polar surface area (TPSA) is 38.1 Å². The molecule has 1 aromatic carbocycles. The van der Waals surface area contributed by atoms with Gasteiger partial charge >= 0.3 is 0 Å². The van der Waals surface area contributed by atoms with Gasteiger partial charge in [-0.25, -0.2) is 9.07 Å². The van der Waals surface area contributed by atoms with Crippen LogP contribution in [0.1, 0.15) is 35.1 Å². The highest BCUT2D eigenvalue weighted by Crippen LogP contribution is 2.29. The molecule has 0 unspecified atom stereocenters. The summed E-state index contributed by atoms with van der Waals surface area (Å²) in [6.07, 6.45) is 2.65. The minimum absolute atomic E-state index is 0.0919. The maximum atomic E-state index is 14.0. The molecule has 0 spiro atoms. The number of hydrogen-bond donors (Lipinski definition) is 0. The summed E-state index contributed by atoms with van der Waals surface area (Å²) in [7, 11) is 1.76. The lowest BCUT2D eigenvalue weighted by Crippen LogP contribution is -2.27. The van der Waals surface area contributed by atoms with Gasteiger partial charge in [0.1, 0.15) is 11.5 Å². The van der Waals surface area contributed by atoms with E-state index in [-0.39, 0.29) is 11.7 Å². The highest BCUT2D eigenvalue weighted by atomic mass is 19.1. The van der Waals surface area contributed by atoms with Crippen molar-refractivity contribution in [1.29, 1.82) is 0 Å². The summed E-state index contributed by atoms with van der Waals surface area (Å²) in [5, 5.41) is 4.42. The van der Waals surface area contributed by atoms with Gasteiger partial charge in [-0.2, -0.15) is 5.10 Å². The van der Waals surface area contributed by atoms with Gasteiger partial charge in [0.2, 0.25) is 0 Å². The Morgan fingerprint density at radius 3 is 2.86 bits per heavy atom. The van der Waals surface area contributed by atoms with Crippen LogP contribution in [0.3, 0.4) is 0 Å². The van der Waals surface area contributed by atoms with Crippen LogP contribution in [-0.4, -0.2) is 34.2 Å². The number of rotatable bonds is 3. The van der Waals surface area contributed by atoms with E-state index in [1.807, 2.05) is 6.92 Å². The zero-order chi connectivity index (χ0) is 15.0. The Morgan fingerprint density at radius 2 is 2.14 bits per heavy atom. The van der Waals surface area contributed by atoms with E-state index in [2.05, 4.69) is 5.10 Å². The number of carbonyl (C=O) groups is 1. The fourth-order valence-corrected chi connectivity index (χ4v) is 2.76. The first-order chi connectivity index (χ1) is 10.1. The number of carbonyl (C=O) groups excluding carboxylic acids is 1. The van der Waals surface area contributed by atoms with Crippen LogP contribution in [0, 0.1) is 5.82 Å². The summed E-state index contributed by atoms with van der Waals surface area (Å²) in [5.74, 6) is -0.414. The molecule has 0 atom stereocenters. The Hall–Kier alpha value is -2.17. The fraction of sp³-hybridized carbons (Fsp3) is 0.375. The van der Waals surface area contributed by atoms with Crippen LogP contribution < -0.4 is 0 Å². The number of para-hydroxylation sites is 1. The number of hydrogen-bond acceptors (Lipinski definition) is 2. The summed E-state index contributed by atoms with van der Waals surface area (Å²) in [6, 6.07) is 6.54. The average Bonchev–Trinajstić information content (AvgIpc) is 3.08. The highest BCUT2D eigenvalue weighted by molar-refractivity contribution is 5.94. The molecule has 1 aromatic heterocycles. The minimum atomic E-state index is -0.322. The van der Waals surface area contributed by atoms with E-state index in [9.17, 15) is 9.18 Å². The third-order valence-corrected chi connectivity index (χ3v) is 4.03. The zero-order valence-electron chi connectivity index (χ0n) is 12.3. The summed E-state index contributed by atoms with van der Waals surface area (Å²) in [5.41, 5.74) is 2.82. The third kappa shape index (κ3) is 2.22. The molecule has 0 saturated heterocycles. The molecule has 1 amide bonds. The standard InChI is InChI=1S/C16H18FN3O/c1-3-19(2)16(21)15-11-7-6-10-13(11)20(18-15)14-9-5-4-8-12(14)17/h4-5,8-9H,3,6-7,10H2,1-2H3. The second-order valence-corrected chi connectivity index (χ2v) is 5.31. The van der Waals surface area contributed by atoms with Crippen LogP contribution in [0.4, 0.5) is 4.39 Å². The van der Waals surface area contributed by atoms with Gasteiger partial charge in [0.05, 0.1) is 0 Å². The zero-order valence-corrected chi connectivity index (χ0v) is 12.3. The van der Waals surface area contributed by atoms with Gasteiger partial charge in [-0.3, -0.25) is 4.79 Å². The fourth-order valence-electron chi connectivity index (χ4n) is 2.76. The molecule has 21 heavy (non-hydrogen) atoms. The Bertz CT molecular complexity index is 693. The molecule has 0 fully saturated rings. The molecule has 1 heterocycles. The van der Waals surface area contributed by atoms with Crippen LogP contribution in [0.2, 0.25) is 0 Å². The van der Waals surface area contributed by atoms with Crippen LogP contribution in [0.5, 0.6) is 0 Å². The van der Waals surface area contributed by atoms with Gasteiger partial charge in [0, 0.05) is 24.8 Å². The van der Waals surface area contributed by atoms with E-state index in [4.69, 9.17) is 0 Å². The van der Waals surface area contributed by atoms with Crippen molar-refractivity contribution in [3.63, 3.8) is 0 Å². The quantitative estimate of drug-likeness (QED) is 0.870. The number of amides is 1. The molecular weight excluding hydrogens is 269 g/mol. The molecule has 0 N–H and O–H groups in total. The van der Waals surface area contributed by atoms with E-state index in [0.29, 0.717) is 17.9 Å². The van der Waals surface area contributed by atoms with Gasteiger partial charge in [0.25, 0.3) is 5.91 Å². The predicted octanol–water partition coefficient (Wildman–Crippen LogP) is 2.59.